The molecule has 2 unspecified atom stereocenters. The first-order valence-electron chi connectivity index (χ1n) is 10.6. The Labute approximate surface area is 169 Å². The lowest BCUT2D eigenvalue weighted by atomic mass is 9.99. The molecular formula is C22H32N2O3S. The highest BCUT2D eigenvalue weighted by Gasteiger charge is 2.31. The number of rotatable bonds is 6. The van der Waals surface area contributed by atoms with Gasteiger partial charge in [0.1, 0.15) is 11.9 Å². The third-order valence-corrected chi connectivity index (χ3v) is 8.15. The second-order valence-electron chi connectivity index (χ2n) is 8.56. The van der Waals surface area contributed by atoms with Crippen LogP contribution >= 0.6 is 0 Å². The molecule has 3 aliphatic rings. The summed E-state index contributed by atoms with van der Waals surface area (Å²) in [5.41, 5.74) is 2.53. The van der Waals surface area contributed by atoms with Gasteiger partial charge in [-0.15, -0.1) is 0 Å². The van der Waals surface area contributed by atoms with Crippen molar-refractivity contribution in [1.82, 2.24) is 9.21 Å². The molecule has 28 heavy (non-hydrogen) atoms. The van der Waals surface area contributed by atoms with Crippen LogP contribution in [0.3, 0.4) is 0 Å². The number of fused-ring (bicyclic) bond motifs is 1. The number of benzene rings is 1. The molecule has 1 aromatic rings. The molecule has 2 aliphatic heterocycles. The van der Waals surface area contributed by atoms with E-state index in [0.717, 1.165) is 43.7 Å². The summed E-state index contributed by atoms with van der Waals surface area (Å²) in [7, 11) is -1.77. The van der Waals surface area contributed by atoms with Crippen LogP contribution in [-0.2, 0) is 16.4 Å². The van der Waals surface area contributed by atoms with E-state index in [1.807, 2.05) is 6.92 Å². The molecule has 2 heterocycles. The van der Waals surface area contributed by atoms with Crippen LogP contribution in [0, 0.1) is 0 Å². The minimum Gasteiger partial charge on any atom is -0.490 e. The fourth-order valence-electron chi connectivity index (χ4n) is 4.75. The van der Waals surface area contributed by atoms with Crippen molar-refractivity contribution < 1.29 is 13.2 Å². The number of hydrogen-bond donors (Lipinski definition) is 0. The maximum atomic E-state index is 13.2. The van der Waals surface area contributed by atoms with Gasteiger partial charge in [0, 0.05) is 32.6 Å². The Hall–Kier alpha value is -1.37. The van der Waals surface area contributed by atoms with Gasteiger partial charge < -0.3 is 4.74 Å². The number of sulfonamides is 1. The smallest absolute Gasteiger partial charge is 0.242 e. The van der Waals surface area contributed by atoms with Crippen LogP contribution < -0.4 is 4.74 Å². The van der Waals surface area contributed by atoms with E-state index < -0.39 is 10.0 Å². The van der Waals surface area contributed by atoms with Crippen molar-refractivity contribution in [3.63, 3.8) is 0 Å². The zero-order chi connectivity index (χ0) is 19.7. The van der Waals surface area contributed by atoms with E-state index in [0.29, 0.717) is 17.5 Å². The van der Waals surface area contributed by atoms with Crippen LogP contribution in [0.25, 0.3) is 0 Å². The first kappa shape index (κ1) is 19.9. The van der Waals surface area contributed by atoms with Crippen molar-refractivity contribution in [2.75, 3.05) is 26.7 Å². The average molecular weight is 405 g/mol. The molecule has 1 saturated heterocycles. The lowest BCUT2D eigenvalue weighted by Crippen LogP contribution is -2.42. The van der Waals surface area contributed by atoms with Gasteiger partial charge in [-0.1, -0.05) is 11.6 Å². The van der Waals surface area contributed by atoms with Crippen LogP contribution in [0.5, 0.6) is 5.75 Å². The minimum atomic E-state index is -3.49. The van der Waals surface area contributed by atoms with E-state index in [1.54, 1.807) is 29.6 Å². The molecule has 0 radical (unpaired) electrons. The summed E-state index contributed by atoms with van der Waals surface area (Å²) in [6.07, 6.45) is 10.5. The Morgan fingerprint density at radius 1 is 1.25 bits per heavy atom. The maximum absolute atomic E-state index is 13.2. The Bertz CT molecular complexity index is 849. The molecule has 0 saturated carbocycles. The largest absolute Gasteiger partial charge is 0.490 e. The molecule has 0 aromatic heterocycles. The van der Waals surface area contributed by atoms with Crippen LogP contribution in [-0.4, -0.2) is 56.5 Å². The molecule has 0 amide bonds. The third-order valence-electron chi connectivity index (χ3n) is 6.33. The van der Waals surface area contributed by atoms with E-state index >= 15 is 0 Å². The SMILES string of the molecule is CC1Cc2cc(S(=O)(=O)N(C)CC3CCCN3CC3=CCCCC3)ccc2O1. The summed E-state index contributed by atoms with van der Waals surface area (Å²) in [4.78, 5) is 2.87. The molecule has 1 fully saturated rings. The number of likely N-dealkylation sites (tertiary alicyclic amines) is 1. The van der Waals surface area contributed by atoms with Crippen molar-refractivity contribution in [2.45, 2.75) is 68.9 Å². The van der Waals surface area contributed by atoms with Gasteiger partial charge in [0.25, 0.3) is 0 Å². The van der Waals surface area contributed by atoms with Gasteiger partial charge in [-0.2, -0.15) is 4.31 Å². The van der Waals surface area contributed by atoms with Crippen LogP contribution in [0.4, 0.5) is 0 Å². The van der Waals surface area contributed by atoms with Gasteiger partial charge in [0.05, 0.1) is 4.90 Å². The molecule has 0 spiro atoms. The number of allylic oxidation sites excluding steroid dienone is 1. The highest BCUT2D eigenvalue weighted by molar-refractivity contribution is 7.89. The summed E-state index contributed by atoms with van der Waals surface area (Å²) < 4.78 is 33.6. The van der Waals surface area contributed by atoms with Gasteiger partial charge in [-0.05, 0) is 75.8 Å². The van der Waals surface area contributed by atoms with Crippen LogP contribution in [0.2, 0.25) is 0 Å². The quantitative estimate of drug-likeness (QED) is 0.680. The van der Waals surface area contributed by atoms with Gasteiger partial charge >= 0.3 is 0 Å². The molecular weight excluding hydrogens is 372 g/mol. The Kier molecular flexibility index (Phi) is 5.81. The normalized spacial score (nSPS) is 25.6. The monoisotopic (exact) mass is 404 g/mol. The van der Waals surface area contributed by atoms with Crippen molar-refractivity contribution >= 4 is 10.0 Å². The minimum absolute atomic E-state index is 0.117. The first-order chi connectivity index (χ1) is 13.4. The number of likely N-dealkylation sites (N-methyl/N-ethyl adjacent to an activating group) is 1. The average Bonchev–Trinajstić information content (AvgIpc) is 3.27. The Morgan fingerprint density at radius 3 is 2.89 bits per heavy atom. The summed E-state index contributed by atoms with van der Waals surface area (Å²) >= 11 is 0. The summed E-state index contributed by atoms with van der Waals surface area (Å²) in [5.74, 6) is 0.817. The fraction of sp³-hybridized carbons (Fsp3) is 0.636. The van der Waals surface area contributed by atoms with E-state index in [2.05, 4.69) is 11.0 Å². The highest BCUT2D eigenvalue weighted by Crippen LogP contribution is 2.32. The summed E-state index contributed by atoms with van der Waals surface area (Å²) in [5, 5.41) is 0. The first-order valence-corrected chi connectivity index (χ1v) is 12.1. The predicted octanol–water partition coefficient (Wildman–Crippen LogP) is 3.60. The van der Waals surface area contributed by atoms with Crippen LogP contribution in [0.1, 0.15) is 51.0 Å². The highest BCUT2D eigenvalue weighted by atomic mass is 32.2. The molecule has 154 valence electrons. The predicted molar refractivity (Wildman–Crippen MR) is 111 cm³/mol. The standard InChI is InChI=1S/C22H32N2O3S/c1-17-13-19-14-21(10-11-22(19)27-17)28(25,26)23(2)16-20-9-6-12-24(20)15-18-7-4-3-5-8-18/h7,10-11,14,17,20H,3-6,8-9,12-13,15-16H2,1-2H3. The Balaban J connectivity index is 1.44. The lowest BCUT2D eigenvalue weighted by molar-refractivity contribution is 0.240. The molecule has 5 nitrogen and oxygen atoms in total. The van der Waals surface area contributed by atoms with Gasteiger partial charge in [0.2, 0.25) is 10.0 Å². The van der Waals surface area contributed by atoms with E-state index in [9.17, 15) is 8.42 Å². The van der Waals surface area contributed by atoms with Crippen molar-refractivity contribution in [2.24, 2.45) is 0 Å². The third kappa shape index (κ3) is 4.14. The van der Waals surface area contributed by atoms with Gasteiger partial charge in [-0.25, -0.2) is 8.42 Å². The van der Waals surface area contributed by atoms with E-state index in [4.69, 9.17) is 4.74 Å². The van der Waals surface area contributed by atoms with Crippen LogP contribution in [0.15, 0.2) is 34.7 Å². The summed E-state index contributed by atoms with van der Waals surface area (Å²) in [6, 6.07) is 5.59. The van der Waals surface area contributed by atoms with Crippen molar-refractivity contribution in [3.8, 4) is 5.75 Å². The maximum Gasteiger partial charge on any atom is 0.242 e. The van der Waals surface area contributed by atoms with E-state index in [1.165, 1.54) is 31.3 Å². The zero-order valence-electron chi connectivity index (χ0n) is 17.1. The molecule has 0 N–H and O–H groups in total. The number of ether oxygens (including phenoxy) is 1. The molecule has 4 rings (SSSR count). The van der Waals surface area contributed by atoms with E-state index in [-0.39, 0.29) is 6.10 Å². The van der Waals surface area contributed by atoms with Gasteiger partial charge in [0.15, 0.2) is 0 Å². The molecule has 1 aliphatic carbocycles. The Morgan fingerprint density at radius 2 is 2.11 bits per heavy atom. The molecule has 0 bridgehead atoms. The van der Waals surface area contributed by atoms with Gasteiger partial charge in [-0.3, -0.25) is 4.90 Å². The zero-order valence-corrected chi connectivity index (χ0v) is 17.9. The topological polar surface area (TPSA) is 49.9 Å². The number of nitrogens with zero attached hydrogens (tertiary/aromatic N) is 2. The second-order valence-corrected chi connectivity index (χ2v) is 10.6. The summed E-state index contributed by atoms with van der Waals surface area (Å²) in [6.45, 7) is 4.65. The number of hydrogen-bond acceptors (Lipinski definition) is 4. The molecule has 6 heteroatoms. The molecule has 2 atom stereocenters. The van der Waals surface area contributed by atoms with Crippen molar-refractivity contribution in [1.29, 1.82) is 0 Å². The van der Waals surface area contributed by atoms with Crippen molar-refractivity contribution in [3.05, 3.63) is 35.4 Å². The second kappa shape index (κ2) is 8.17. The lowest BCUT2D eigenvalue weighted by Gasteiger charge is -2.30. The fourth-order valence-corrected chi connectivity index (χ4v) is 6.01. The molecule has 1 aromatic carbocycles.